The van der Waals surface area contributed by atoms with E-state index >= 15 is 0 Å². The number of hydrogen-bond donors (Lipinski definition) is 0. The van der Waals surface area contributed by atoms with Crippen LogP contribution in [0.1, 0.15) is 19.8 Å². The Morgan fingerprint density at radius 3 is 2.73 bits per heavy atom. The summed E-state index contributed by atoms with van der Waals surface area (Å²) in [4.78, 5) is 23.9. The van der Waals surface area contributed by atoms with Gasteiger partial charge in [0.15, 0.2) is 17.7 Å². The van der Waals surface area contributed by atoms with Crippen molar-refractivity contribution in [3.63, 3.8) is 0 Å². The molecule has 0 aromatic heterocycles. The summed E-state index contributed by atoms with van der Waals surface area (Å²) in [6.45, 7) is 1.98. The van der Waals surface area contributed by atoms with E-state index in [4.69, 9.17) is 0 Å². The number of carbonyl (C=O) groups is 1. The zero-order valence-electron chi connectivity index (χ0n) is 6.40. The summed E-state index contributed by atoms with van der Waals surface area (Å²) >= 11 is 0. The first-order valence-corrected chi connectivity index (χ1v) is 3.44. The standard InChI is InChI=1S/C7H11NO3/c1-2-3-4-5-7(6-9)11-8-10/h3-4,6-7H,2,5H2,1H3. The van der Waals surface area contributed by atoms with Gasteiger partial charge < -0.3 is 4.84 Å². The van der Waals surface area contributed by atoms with Gasteiger partial charge >= 0.3 is 0 Å². The molecule has 11 heavy (non-hydrogen) atoms. The molecule has 0 aromatic rings. The molecule has 0 spiro atoms. The fraction of sp³-hybridized carbons (Fsp3) is 0.571. The van der Waals surface area contributed by atoms with Gasteiger partial charge in [0.25, 0.3) is 0 Å². The van der Waals surface area contributed by atoms with Crippen LogP contribution in [0.3, 0.4) is 0 Å². The zero-order chi connectivity index (χ0) is 8.53. The maximum absolute atomic E-state index is 10.1. The highest BCUT2D eigenvalue weighted by Gasteiger charge is 2.04. The Morgan fingerprint density at radius 2 is 2.27 bits per heavy atom. The summed E-state index contributed by atoms with van der Waals surface area (Å²) in [5, 5.41) is 2.17. The first-order valence-electron chi connectivity index (χ1n) is 3.44. The molecule has 0 heterocycles. The molecule has 0 aliphatic rings. The maximum atomic E-state index is 10.1. The van der Waals surface area contributed by atoms with Gasteiger partial charge in [-0.05, 0) is 6.42 Å². The first kappa shape index (κ1) is 9.81. The number of nitrogens with zero attached hydrogens (tertiary/aromatic N) is 1. The molecule has 0 aliphatic carbocycles. The number of hydrogen-bond acceptors (Lipinski definition) is 4. The molecule has 0 N–H and O–H groups in total. The van der Waals surface area contributed by atoms with E-state index in [0.29, 0.717) is 12.7 Å². The lowest BCUT2D eigenvalue weighted by molar-refractivity contribution is -0.118. The summed E-state index contributed by atoms with van der Waals surface area (Å²) in [5.74, 6) is 0. The van der Waals surface area contributed by atoms with Crippen molar-refractivity contribution in [2.24, 2.45) is 5.34 Å². The highest BCUT2D eigenvalue weighted by molar-refractivity contribution is 5.56. The van der Waals surface area contributed by atoms with Crippen LogP contribution in [0, 0.1) is 4.91 Å². The number of carbonyl (C=O) groups excluding carboxylic acids is 1. The largest absolute Gasteiger partial charge is 0.353 e. The molecule has 0 saturated carbocycles. The van der Waals surface area contributed by atoms with Crippen LogP contribution in [-0.2, 0) is 9.63 Å². The minimum Gasteiger partial charge on any atom is -0.353 e. The Hall–Kier alpha value is -1.19. The third kappa shape index (κ3) is 5.26. The minimum absolute atomic E-state index is 0.406. The van der Waals surface area contributed by atoms with Crippen molar-refractivity contribution in [2.75, 3.05) is 0 Å². The van der Waals surface area contributed by atoms with Gasteiger partial charge in [0.2, 0.25) is 0 Å². The van der Waals surface area contributed by atoms with Gasteiger partial charge in [-0.2, -0.15) is 0 Å². The van der Waals surface area contributed by atoms with Crippen molar-refractivity contribution in [3.05, 3.63) is 17.1 Å². The van der Waals surface area contributed by atoms with E-state index in [1.807, 2.05) is 13.0 Å². The molecule has 0 radical (unpaired) electrons. The smallest absolute Gasteiger partial charge is 0.189 e. The van der Waals surface area contributed by atoms with Crippen molar-refractivity contribution in [1.29, 1.82) is 0 Å². The molecule has 0 amide bonds. The number of aldehydes is 1. The lowest BCUT2D eigenvalue weighted by Crippen LogP contribution is -2.09. The fourth-order valence-electron chi connectivity index (χ4n) is 0.576. The minimum atomic E-state index is -0.727. The summed E-state index contributed by atoms with van der Waals surface area (Å²) in [5.41, 5.74) is 0. The molecule has 4 nitrogen and oxygen atoms in total. The van der Waals surface area contributed by atoms with Gasteiger partial charge in [-0.15, -0.1) is 4.91 Å². The molecule has 4 heteroatoms. The van der Waals surface area contributed by atoms with Crippen molar-refractivity contribution < 1.29 is 9.63 Å². The molecular weight excluding hydrogens is 146 g/mol. The van der Waals surface area contributed by atoms with Crippen LogP contribution in [0.15, 0.2) is 17.5 Å². The van der Waals surface area contributed by atoms with Gasteiger partial charge in [0, 0.05) is 6.42 Å². The van der Waals surface area contributed by atoms with E-state index in [1.54, 1.807) is 6.08 Å². The van der Waals surface area contributed by atoms with Gasteiger partial charge in [-0.25, -0.2) is 0 Å². The third-order valence-corrected chi connectivity index (χ3v) is 1.10. The molecular formula is C7H11NO3. The van der Waals surface area contributed by atoms with Crippen LogP contribution in [0.25, 0.3) is 0 Å². The summed E-state index contributed by atoms with van der Waals surface area (Å²) in [6.07, 6.45) is 4.81. The molecule has 0 aliphatic heterocycles. The lowest BCUT2D eigenvalue weighted by Gasteiger charge is -1.99. The second-order valence-electron chi connectivity index (χ2n) is 1.97. The molecule has 0 bridgehead atoms. The second kappa shape index (κ2) is 6.92. The van der Waals surface area contributed by atoms with E-state index in [9.17, 15) is 9.70 Å². The summed E-state index contributed by atoms with van der Waals surface area (Å²) in [7, 11) is 0. The predicted molar refractivity (Wildman–Crippen MR) is 40.8 cm³/mol. The third-order valence-electron chi connectivity index (χ3n) is 1.10. The topological polar surface area (TPSA) is 55.7 Å². The van der Waals surface area contributed by atoms with Crippen molar-refractivity contribution in [3.8, 4) is 0 Å². The van der Waals surface area contributed by atoms with E-state index < -0.39 is 6.10 Å². The Bertz CT molecular complexity index is 145. The number of allylic oxidation sites excluding steroid dienone is 1. The second-order valence-corrected chi connectivity index (χ2v) is 1.97. The highest BCUT2D eigenvalue weighted by Crippen LogP contribution is 1.97. The summed E-state index contributed by atoms with van der Waals surface area (Å²) in [6, 6.07) is 0. The Morgan fingerprint density at radius 1 is 1.55 bits per heavy atom. The Kier molecular flexibility index (Phi) is 6.17. The molecule has 0 fully saturated rings. The SMILES string of the molecule is CCC=CCC(C=O)ON=O. The molecule has 0 rings (SSSR count). The zero-order valence-corrected chi connectivity index (χ0v) is 6.40. The highest BCUT2D eigenvalue weighted by atomic mass is 16.7. The van der Waals surface area contributed by atoms with E-state index in [1.165, 1.54) is 0 Å². The van der Waals surface area contributed by atoms with E-state index in [0.717, 1.165) is 6.42 Å². The van der Waals surface area contributed by atoms with Crippen molar-refractivity contribution >= 4 is 6.29 Å². The van der Waals surface area contributed by atoms with Crippen LogP contribution in [0.5, 0.6) is 0 Å². The number of rotatable bonds is 6. The van der Waals surface area contributed by atoms with Crippen LogP contribution in [0.2, 0.25) is 0 Å². The first-order chi connectivity index (χ1) is 5.35. The van der Waals surface area contributed by atoms with Gasteiger partial charge in [0.1, 0.15) is 0 Å². The molecule has 0 aromatic carbocycles. The van der Waals surface area contributed by atoms with Crippen molar-refractivity contribution in [1.82, 2.24) is 0 Å². The van der Waals surface area contributed by atoms with Crippen LogP contribution >= 0.6 is 0 Å². The molecule has 62 valence electrons. The maximum Gasteiger partial charge on any atom is 0.189 e. The average molecular weight is 157 g/mol. The van der Waals surface area contributed by atoms with Crippen LogP contribution in [0.4, 0.5) is 0 Å². The molecule has 0 saturated heterocycles. The van der Waals surface area contributed by atoms with Crippen molar-refractivity contribution in [2.45, 2.75) is 25.9 Å². The molecule has 1 atom stereocenters. The fourth-order valence-corrected chi connectivity index (χ4v) is 0.576. The monoisotopic (exact) mass is 157 g/mol. The van der Waals surface area contributed by atoms with Crippen LogP contribution in [-0.4, -0.2) is 12.4 Å². The Labute approximate surface area is 65.2 Å². The normalized spacial score (nSPS) is 12.8. The summed E-state index contributed by atoms with van der Waals surface area (Å²) < 4.78 is 0. The quantitative estimate of drug-likeness (QED) is 0.255. The van der Waals surface area contributed by atoms with Gasteiger partial charge in [-0.3, -0.25) is 4.79 Å². The van der Waals surface area contributed by atoms with Gasteiger partial charge in [0.05, 0.1) is 0 Å². The van der Waals surface area contributed by atoms with E-state index in [-0.39, 0.29) is 0 Å². The van der Waals surface area contributed by atoms with E-state index in [2.05, 4.69) is 10.2 Å². The predicted octanol–water partition coefficient (Wildman–Crippen LogP) is 1.61. The van der Waals surface area contributed by atoms with Gasteiger partial charge in [-0.1, -0.05) is 19.1 Å². The molecule has 1 unspecified atom stereocenters. The average Bonchev–Trinajstić information content (AvgIpc) is 2.03. The van der Waals surface area contributed by atoms with Crippen LogP contribution < -0.4 is 0 Å². The lowest BCUT2D eigenvalue weighted by atomic mass is 10.2. The Balaban J connectivity index is 3.59.